The average molecular weight is 324 g/mol. The first-order valence-electron chi connectivity index (χ1n) is 8.77. The molecule has 0 unspecified atom stereocenters. The summed E-state index contributed by atoms with van der Waals surface area (Å²) in [5, 5.41) is 0. The lowest BCUT2D eigenvalue weighted by Crippen LogP contribution is -2.51. The smallest absolute Gasteiger partial charge is 0.104 e. The molecule has 4 rings (SSSR count). The molecule has 0 amide bonds. The van der Waals surface area contributed by atoms with Gasteiger partial charge in [-0.2, -0.15) is 0 Å². The van der Waals surface area contributed by atoms with Gasteiger partial charge in [0.2, 0.25) is 0 Å². The Morgan fingerprint density at radius 3 is 2.88 bits per heavy atom. The molecule has 0 N–H and O–H groups in total. The second-order valence-corrected chi connectivity index (χ2v) is 6.72. The molecule has 1 saturated heterocycles. The standard InChI is InChI=1S/C20H24N2O2/c1-15-4-6-17(7-5-15)22-11-12-23-20-18(22)8-9-19(20)24-14-16-3-2-10-21-13-16/h2-7,10,13,18-20H,8-9,11-12,14H2,1H3/t18-,19-,20+/m0/s1. The average Bonchev–Trinajstić information content (AvgIpc) is 3.05. The van der Waals surface area contributed by atoms with Gasteiger partial charge < -0.3 is 14.4 Å². The van der Waals surface area contributed by atoms with Crippen LogP contribution in [0.25, 0.3) is 0 Å². The Bertz CT molecular complexity index is 659. The molecule has 0 spiro atoms. The maximum absolute atomic E-state index is 6.17. The molecule has 4 heteroatoms. The minimum atomic E-state index is 0.164. The highest BCUT2D eigenvalue weighted by atomic mass is 16.5. The van der Waals surface area contributed by atoms with Gasteiger partial charge in [0.15, 0.2) is 0 Å². The molecule has 3 atom stereocenters. The summed E-state index contributed by atoms with van der Waals surface area (Å²) < 4.78 is 12.3. The molecule has 1 aromatic carbocycles. The molecule has 0 bridgehead atoms. The minimum absolute atomic E-state index is 0.164. The summed E-state index contributed by atoms with van der Waals surface area (Å²) in [5.41, 5.74) is 3.71. The van der Waals surface area contributed by atoms with Gasteiger partial charge >= 0.3 is 0 Å². The van der Waals surface area contributed by atoms with Crippen molar-refractivity contribution in [2.75, 3.05) is 18.1 Å². The summed E-state index contributed by atoms with van der Waals surface area (Å²) in [6.45, 7) is 4.46. The van der Waals surface area contributed by atoms with Crippen molar-refractivity contribution in [2.45, 2.75) is 44.6 Å². The van der Waals surface area contributed by atoms with Gasteiger partial charge in [-0.25, -0.2) is 0 Å². The molecule has 4 nitrogen and oxygen atoms in total. The maximum Gasteiger partial charge on any atom is 0.104 e. The van der Waals surface area contributed by atoms with Gasteiger partial charge in [-0.3, -0.25) is 4.98 Å². The van der Waals surface area contributed by atoms with Crippen LogP contribution in [0, 0.1) is 6.92 Å². The van der Waals surface area contributed by atoms with Crippen LogP contribution in [0.5, 0.6) is 0 Å². The van der Waals surface area contributed by atoms with Crippen LogP contribution >= 0.6 is 0 Å². The first-order chi connectivity index (χ1) is 11.8. The molecule has 1 saturated carbocycles. The Morgan fingerprint density at radius 2 is 2.08 bits per heavy atom. The van der Waals surface area contributed by atoms with Gasteiger partial charge in [-0.15, -0.1) is 0 Å². The number of hydrogen-bond donors (Lipinski definition) is 0. The first-order valence-corrected chi connectivity index (χ1v) is 8.77. The van der Waals surface area contributed by atoms with Crippen LogP contribution in [0.2, 0.25) is 0 Å². The number of pyridine rings is 1. The van der Waals surface area contributed by atoms with Crippen molar-refractivity contribution in [3.8, 4) is 0 Å². The molecular weight excluding hydrogens is 300 g/mol. The van der Waals surface area contributed by atoms with Gasteiger partial charge in [0.25, 0.3) is 0 Å². The van der Waals surface area contributed by atoms with E-state index in [-0.39, 0.29) is 12.2 Å². The number of hydrogen-bond acceptors (Lipinski definition) is 4. The molecule has 2 fully saturated rings. The zero-order valence-electron chi connectivity index (χ0n) is 14.1. The lowest BCUT2D eigenvalue weighted by Gasteiger charge is -2.40. The van der Waals surface area contributed by atoms with Crippen LogP contribution in [0.4, 0.5) is 5.69 Å². The van der Waals surface area contributed by atoms with Gasteiger partial charge in [0.05, 0.1) is 25.4 Å². The molecule has 2 aliphatic rings. The summed E-state index contributed by atoms with van der Waals surface area (Å²) in [6, 6.07) is 13.2. The Morgan fingerprint density at radius 1 is 1.21 bits per heavy atom. The summed E-state index contributed by atoms with van der Waals surface area (Å²) in [5.74, 6) is 0. The number of aryl methyl sites for hydroxylation is 1. The molecule has 0 radical (unpaired) electrons. The van der Waals surface area contributed by atoms with E-state index < -0.39 is 0 Å². The monoisotopic (exact) mass is 324 g/mol. The third kappa shape index (κ3) is 3.17. The van der Waals surface area contributed by atoms with Gasteiger partial charge in [-0.1, -0.05) is 23.8 Å². The van der Waals surface area contributed by atoms with Gasteiger partial charge in [0.1, 0.15) is 6.10 Å². The number of benzene rings is 1. The minimum Gasteiger partial charge on any atom is -0.372 e. The highest BCUT2D eigenvalue weighted by molar-refractivity contribution is 5.49. The van der Waals surface area contributed by atoms with Crippen molar-refractivity contribution < 1.29 is 9.47 Å². The number of ether oxygens (including phenoxy) is 2. The van der Waals surface area contributed by atoms with Crippen molar-refractivity contribution in [3.05, 3.63) is 59.9 Å². The van der Waals surface area contributed by atoms with E-state index in [9.17, 15) is 0 Å². The van der Waals surface area contributed by atoms with E-state index in [4.69, 9.17) is 9.47 Å². The third-order valence-corrected chi connectivity index (χ3v) is 5.09. The van der Waals surface area contributed by atoms with Crippen LogP contribution in [0.3, 0.4) is 0 Å². The molecule has 1 aliphatic carbocycles. The first kappa shape index (κ1) is 15.6. The van der Waals surface area contributed by atoms with Crippen LogP contribution in [0.1, 0.15) is 24.0 Å². The Hall–Kier alpha value is -1.91. The number of rotatable bonds is 4. The van der Waals surface area contributed by atoms with Crippen LogP contribution in [0.15, 0.2) is 48.8 Å². The van der Waals surface area contributed by atoms with Gasteiger partial charge in [0, 0.05) is 24.6 Å². The van der Waals surface area contributed by atoms with E-state index >= 15 is 0 Å². The van der Waals surface area contributed by atoms with Crippen molar-refractivity contribution in [2.24, 2.45) is 0 Å². The van der Waals surface area contributed by atoms with Crippen LogP contribution < -0.4 is 4.90 Å². The number of morpholine rings is 1. The highest BCUT2D eigenvalue weighted by Crippen LogP contribution is 2.35. The highest BCUT2D eigenvalue weighted by Gasteiger charge is 2.43. The van der Waals surface area contributed by atoms with Crippen molar-refractivity contribution >= 4 is 5.69 Å². The van der Waals surface area contributed by atoms with E-state index in [2.05, 4.69) is 47.1 Å². The predicted octanol–water partition coefficient (Wildman–Crippen LogP) is 3.34. The fourth-order valence-corrected chi connectivity index (χ4v) is 3.84. The third-order valence-electron chi connectivity index (χ3n) is 5.09. The zero-order chi connectivity index (χ0) is 16.4. The number of anilines is 1. The SMILES string of the molecule is Cc1ccc(N2CCO[C@H]3[C@@H](OCc4cccnc4)CC[C@@H]32)cc1. The summed E-state index contributed by atoms with van der Waals surface area (Å²) in [7, 11) is 0. The topological polar surface area (TPSA) is 34.6 Å². The van der Waals surface area contributed by atoms with E-state index in [1.54, 1.807) is 6.20 Å². The molecule has 2 aromatic rings. The normalized spacial score (nSPS) is 26.4. The summed E-state index contributed by atoms with van der Waals surface area (Å²) in [6.07, 6.45) is 6.17. The second-order valence-electron chi connectivity index (χ2n) is 6.72. The van der Waals surface area contributed by atoms with E-state index in [0.29, 0.717) is 12.6 Å². The molecule has 24 heavy (non-hydrogen) atoms. The van der Waals surface area contributed by atoms with E-state index in [0.717, 1.165) is 31.6 Å². The molecule has 1 aromatic heterocycles. The van der Waals surface area contributed by atoms with E-state index in [1.807, 2.05) is 12.3 Å². The van der Waals surface area contributed by atoms with Gasteiger partial charge in [-0.05, 0) is 43.5 Å². The Labute approximate surface area is 143 Å². The predicted molar refractivity (Wildman–Crippen MR) is 94.1 cm³/mol. The molecule has 126 valence electrons. The van der Waals surface area contributed by atoms with E-state index in [1.165, 1.54) is 11.3 Å². The number of nitrogens with zero attached hydrogens (tertiary/aromatic N) is 2. The fraction of sp³-hybridized carbons (Fsp3) is 0.450. The quantitative estimate of drug-likeness (QED) is 0.864. The number of aromatic nitrogens is 1. The lowest BCUT2D eigenvalue weighted by molar-refractivity contribution is -0.0770. The van der Waals surface area contributed by atoms with Crippen molar-refractivity contribution in [3.63, 3.8) is 0 Å². The summed E-state index contributed by atoms with van der Waals surface area (Å²) in [4.78, 5) is 6.65. The Kier molecular flexibility index (Phi) is 4.50. The largest absolute Gasteiger partial charge is 0.372 e. The van der Waals surface area contributed by atoms with Crippen molar-refractivity contribution in [1.82, 2.24) is 4.98 Å². The zero-order valence-corrected chi connectivity index (χ0v) is 14.1. The molecule has 2 heterocycles. The number of fused-ring (bicyclic) bond motifs is 1. The Balaban J connectivity index is 1.43. The molecular formula is C20H24N2O2. The summed E-state index contributed by atoms with van der Waals surface area (Å²) >= 11 is 0. The lowest BCUT2D eigenvalue weighted by atomic mass is 10.1. The van der Waals surface area contributed by atoms with Crippen molar-refractivity contribution in [1.29, 1.82) is 0 Å². The molecule has 1 aliphatic heterocycles. The van der Waals surface area contributed by atoms with Crippen LogP contribution in [-0.2, 0) is 16.1 Å². The maximum atomic E-state index is 6.17. The second kappa shape index (κ2) is 6.91. The fourth-order valence-electron chi connectivity index (χ4n) is 3.84. The van der Waals surface area contributed by atoms with Crippen LogP contribution in [-0.4, -0.2) is 36.4 Å².